The SMILES string of the molecule is Cc1ncsc1C1=CCC([C@H](C)NC(=O)[C@@H]2C[C@@H](O)CN2C(=O)[C@@H](NC(=O)CCCCCCC(=O)N2CCN(CCC3(C)CCC(c4ccc(Cl)cc4)=C(CN4CCN(c5ccc(C(=O)NS(=O)(=O)c6ccc(N[C@H](CCN7CCOCC7)CSc7ccccc7)c(S(=O)(=O)C(F)(F)F)c6)cc5)CC4)C3)CC2)C(C)(C)C)C=C1. The number of benzene rings is 4. The molecule has 11 rings (SSSR count). The first-order chi connectivity index (χ1) is 53.8. The molecular formula is C83H109ClF3N11O11S4. The third-order valence-corrected chi connectivity index (χ3v) is 28.1. The molecule has 0 bridgehead atoms. The van der Waals surface area contributed by atoms with Gasteiger partial charge in [-0.2, -0.15) is 13.2 Å². The number of allylic oxidation sites excluding steroid dienone is 4. The molecule has 5 aromatic rings. The van der Waals surface area contributed by atoms with Gasteiger partial charge in [0.2, 0.25) is 23.6 Å². The number of hydrogen-bond donors (Lipinski definition) is 5. The van der Waals surface area contributed by atoms with Crippen LogP contribution in [0.25, 0.3) is 11.1 Å². The molecule has 30 heteroatoms. The number of anilines is 2. The highest BCUT2D eigenvalue weighted by Gasteiger charge is 2.49. The minimum atomic E-state index is -6.11. The van der Waals surface area contributed by atoms with E-state index in [-0.39, 0.29) is 60.0 Å². The van der Waals surface area contributed by atoms with Crippen molar-refractivity contribution < 1.29 is 63.8 Å². The highest BCUT2D eigenvalue weighted by atomic mass is 35.5. The predicted molar refractivity (Wildman–Crippen MR) is 439 cm³/mol. The van der Waals surface area contributed by atoms with Crippen molar-refractivity contribution in [3.05, 3.63) is 153 Å². The van der Waals surface area contributed by atoms with Crippen molar-refractivity contribution in [3.8, 4) is 0 Å². The molecule has 2 aliphatic carbocycles. The van der Waals surface area contributed by atoms with Gasteiger partial charge in [-0.25, -0.2) is 26.5 Å². The molecular weight excluding hydrogens is 1550 g/mol. The van der Waals surface area contributed by atoms with Gasteiger partial charge in [-0.15, -0.1) is 23.1 Å². The molecule has 1 aromatic heterocycles. The van der Waals surface area contributed by atoms with Gasteiger partial charge in [0.05, 0.1) is 46.0 Å². The Morgan fingerprint density at radius 1 is 0.814 bits per heavy atom. The van der Waals surface area contributed by atoms with Gasteiger partial charge in [-0.3, -0.25) is 38.7 Å². The van der Waals surface area contributed by atoms with Crippen molar-refractivity contribution in [3.63, 3.8) is 0 Å². The van der Waals surface area contributed by atoms with Gasteiger partial charge in [0.25, 0.3) is 25.8 Å². The van der Waals surface area contributed by atoms with Crippen molar-refractivity contribution in [2.45, 2.75) is 175 Å². The number of alkyl halides is 3. The first-order valence-electron chi connectivity index (χ1n) is 39.5. The molecule has 4 saturated heterocycles. The fourth-order valence-corrected chi connectivity index (χ4v) is 19.8. The van der Waals surface area contributed by atoms with E-state index in [4.69, 9.17) is 16.3 Å². The number of piperazine rings is 2. The number of unbranched alkanes of at least 4 members (excludes halogenated alkanes) is 3. The summed E-state index contributed by atoms with van der Waals surface area (Å²) in [4.78, 5) is 85.8. The second-order valence-electron chi connectivity index (χ2n) is 32.3. The molecule has 22 nitrogen and oxygen atoms in total. The molecule has 113 heavy (non-hydrogen) atoms. The molecule has 5 amide bonds. The smallest absolute Gasteiger partial charge is 0.391 e. The number of morpholine rings is 1. The quantitative estimate of drug-likeness (QED) is 0.0198. The standard InChI is InChI=1S/C83H109ClF3N11O11S4/c1-57(59-18-20-61(21-19-59)76-58(2)88-56-111-76)89-79(103)72-50-67(99)54-98(72)80(104)77(81(3,4)5)91-74(100)16-12-7-8-13-17-75(101)97-44-38-94(39-45-97)37-35-82(6)34-32-70(60-22-26-64(84)27-23-60)63(52-82)53-95-40-42-96(43-41-95)66-28-24-62(25-29-66)78(102)92-113(107,108)69-30-31-71(73(51-69)112(105,106)83(85,86)87)90-65(33-36-93-46-48-109-49-47-93)55-110-68-14-10-9-11-15-68/h9-11,14-15,18,20-31,51,56-57,59,65,67,72,77,90,99H,7-8,12-13,16-17,19,32-50,52-55H2,1-6H3,(H,89,103)(H,91,100)(H,92,102)/t57-,59?,65+,67+,72-,77+,82?/m0/s1. The number of sulfone groups is 1. The Kier molecular flexibility index (Phi) is 29.7. The second kappa shape index (κ2) is 38.7. The lowest BCUT2D eigenvalue weighted by molar-refractivity contribution is -0.144. The second-order valence-corrected chi connectivity index (χ2v) is 38.2. The van der Waals surface area contributed by atoms with E-state index in [0.29, 0.717) is 102 Å². The van der Waals surface area contributed by atoms with Crippen LogP contribution < -0.4 is 25.6 Å². The van der Waals surface area contributed by atoms with Gasteiger partial charge in [0, 0.05) is 149 Å². The monoisotopic (exact) mass is 1660 g/mol. The number of hydrogen-bond acceptors (Lipinski definition) is 19. The number of nitrogens with zero attached hydrogens (tertiary/aromatic N) is 7. The summed E-state index contributed by atoms with van der Waals surface area (Å²) in [5.41, 5.74) is 1.76. The van der Waals surface area contributed by atoms with Crippen LogP contribution in [0.3, 0.4) is 0 Å². The van der Waals surface area contributed by atoms with Crippen LogP contribution >= 0.6 is 34.7 Å². The fourth-order valence-electron chi connectivity index (χ4n) is 15.9. The molecule has 4 aromatic carbocycles. The summed E-state index contributed by atoms with van der Waals surface area (Å²) in [5, 5.41) is 20.6. The molecule has 5 heterocycles. The molecule has 0 radical (unpaired) electrons. The molecule has 2 unspecified atom stereocenters. The highest BCUT2D eigenvalue weighted by Crippen LogP contribution is 2.46. The number of ether oxygens (including phenoxy) is 1. The van der Waals surface area contributed by atoms with E-state index in [0.717, 1.165) is 129 Å². The number of halogens is 4. The summed E-state index contributed by atoms with van der Waals surface area (Å²) in [6, 6.07) is 23.7. The number of β-amino-alcohol motifs (C(OH)–C–C–N with tert-alkyl or cyclic N) is 1. The Morgan fingerprint density at radius 3 is 2.15 bits per heavy atom. The number of aryl methyl sites for hydroxylation is 1. The maximum Gasteiger partial charge on any atom is 0.501 e. The van der Waals surface area contributed by atoms with Crippen molar-refractivity contribution in [2.24, 2.45) is 16.7 Å². The number of aliphatic hydroxyl groups is 1. The van der Waals surface area contributed by atoms with E-state index in [1.807, 2.05) is 92.2 Å². The Balaban J connectivity index is 0.609. The van der Waals surface area contributed by atoms with Crippen LogP contribution in [0.2, 0.25) is 5.02 Å². The van der Waals surface area contributed by atoms with Crippen molar-refractivity contribution in [1.82, 2.24) is 44.8 Å². The Labute approximate surface area is 677 Å². The van der Waals surface area contributed by atoms with Crippen LogP contribution in [-0.2, 0) is 43.8 Å². The summed E-state index contributed by atoms with van der Waals surface area (Å²) in [7, 11) is -11.0. The van der Waals surface area contributed by atoms with Gasteiger partial charge >= 0.3 is 5.51 Å². The zero-order valence-corrected chi connectivity index (χ0v) is 69.6. The lowest BCUT2D eigenvalue weighted by Gasteiger charge is -2.42. The topological polar surface area (TPSA) is 264 Å². The number of likely N-dealkylation sites (tertiary alicyclic amines) is 1. The first-order valence-corrected chi connectivity index (χ1v) is 44.7. The third-order valence-electron chi connectivity index (χ3n) is 22.8. The normalized spacial score (nSPS) is 21.4. The number of aromatic nitrogens is 1. The van der Waals surface area contributed by atoms with E-state index < -0.39 is 82.3 Å². The van der Waals surface area contributed by atoms with Gasteiger partial charge < -0.3 is 40.5 Å². The summed E-state index contributed by atoms with van der Waals surface area (Å²) in [5.74, 6) is -1.50. The number of carbonyl (C=O) groups excluding carboxylic acids is 5. The van der Waals surface area contributed by atoms with Gasteiger partial charge in [-0.05, 0) is 166 Å². The van der Waals surface area contributed by atoms with Crippen LogP contribution in [-0.4, -0.2) is 227 Å². The van der Waals surface area contributed by atoms with E-state index >= 15 is 0 Å². The minimum absolute atomic E-state index is 0.00319. The number of sulfonamides is 1. The summed E-state index contributed by atoms with van der Waals surface area (Å²) < 4.78 is 105. The minimum Gasteiger partial charge on any atom is -0.391 e. The highest BCUT2D eigenvalue weighted by molar-refractivity contribution is 7.99. The van der Waals surface area contributed by atoms with Crippen molar-refractivity contribution in [1.29, 1.82) is 0 Å². The van der Waals surface area contributed by atoms with Crippen LogP contribution in [0.4, 0.5) is 24.5 Å². The van der Waals surface area contributed by atoms with E-state index in [2.05, 4.69) is 77.8 Å². The van der Waals surface area contributed by atoms with Crippen LogP contribution in [0.1, 0.15) is 145 Å². The molecule has 4 aliphatic heterocycles. The van der Waals surface area contributed by atoms with Crippen molar-refractivity contribution in [2.75, 3.05) is 121 Å². The number of amides is 5. The van der Waals surface area contributed by atoms with Gasteiger partial charge in [0.1, 0.15) is 17.0 Å². The van der Waals surface area contributed by atoms with Crippen LogP contribution in [0.15, 0.2) is 141 Å². The van der Waals surface area contributed by atoms with E-state index in [9.17, 15) is 59.1 Å². The maximum atomic E-state index is 14.4. The molecule has 4 fully saturated rings. The Morgan fingerprint density at radius 2 is 1.50 bits per heavy atom. The average Bonchev–Trinajstić information content (AvgIpc) is 1.48. The fraction of sp³-hybridized carbons (Fsp3) is 0.542. The Hall–Kier alpha value is -7.19. The number of nitrogens with one attached hydrogen (secondary N) is 4. The molecule has 6 aliphatic rings. The maximum absolute atomic E-state index is 14.4. The number of thioether (sulfide) groups is 1. The first kappa shape index (κ1) is 86.7. The predicted octanol–water partition coefficient (Wildman–Crippen LogP) is 12.1. The largest absolute Gasteiger partial charge is 0.501 e. The number of thiazole rings is 1. The van der Waals surface area contributed by atoms with Crippen molar-refractivity contribution >= 4 is 107 Å². The summed E-state index contributed by atoms with van der Waals surface area (Å²) in [6.45, 7) is 22.3. The molecule has 5 N–H and O–H groups in total. The van der Waals surface area contributed by atoms with E-state index in [1.54, 1.807) is 23.5 Å². The zero-order chi connectivity index (χ0) is 80.8. The van der Waals surface area contributed by atoms with Crippen LogP contribution in [0, 0.1) is 23.7 Å². The summed E-state index contributed by atoms with van der Waals surface area (Å²) in [6.07, 6.45) is 14.1. The number of carbonyl (C=O) groups is 5. The van der Waals surface area contributed by atoms with E-state index in [1.165, 1.54) is 39.9 Å². The molecule has 614 valence electrons. The average molecular weight is 1660 g/mol. The molecule has 0 spiro atoms. The zero-order valence-electron chi connectivity index (χ0n) is 65.5. The third kappa shape index (κ3) is 23.4. The lowest BCUT2D eigenvalue weighted by atomic mass is 9.69. The lowest BCUT2D eigenvalue weighted by Crippen LogP contribution is -2.58. The van der Waals surface area contributed by atoms with Gasteiger partial charge in [0.15, 0.2) is 0 Å². The number of aliphatic hydroxyl groups excluding tert-OH is 1. The molecule has 7 atom stereocenters. The number of rotatable bonds is 32. The Bertz CT molecular complexity index is 4450. The van der Waals surface area contributed by atoms with Crippen LogP contribution in [0.5, 0.6) is 0 Å². The van der Waals surface area contributed by atoms with Gasteiger partial charge in [-0.1, -0.05) is 106 Å². The summed E-state index contributed by atoms with van der Waals surface area (Å²) >= 11 is 9.43. The molecule has 0 saturated carbocycles.